The van der Waals surface area contributed by atoms with Crippen molar-refractivity contribution in [3.8, 4) is 0 Å². The van der Waals surface area contributed by atoms with Crippen molar-refractivity contribution < 1.29 is 0 Å². The zero-order valence-corrected chi connectivity index (χ0v) is 11.6. The summed E-state index contributed by atoms with van der Waals surface area (Å²) in [4.78, 5) is 25.2. The van der Waals surface area contributed by atoms with Crippen molar-refractivity contribution in [2.24, 2.45) is 5.92 Å². The van der Waals surface area contributed by atoms with Gasteiger partial charge in [0.05, 0.1) is 17.4 Å². The minimum absolute atomic E-state index is 0.115. The normalized spacial score (nSPS) is 19.8. The van der Waals surface area contributed by atoms with Gasteiger partial charge in [-0.3, -0.25) is 9.78 Å². The van der Waals surface area contributed by atoms with Crippen LogP contribution in [0.15, 0.2) is 23.4 Å². The molecule has 1 aliphatic rings. The van der Waals surface area contributed by atoms with Gasteiger partial charge in [-0.25, -0.2) is 4.98 Å². The first-order chi connectivity index (χ1) is 9.74. The van der Waals surface area contributed by atoms with Crippen LogP contribution in [0.4, 0.5) is 0 Å². The summed E-state index contributed by atoms with van der Waals surface area (Å²) in [6.45, 7) is 3.95. The lowest BCUT2D eigenvalue weighted by Gasteiger charge is -2.11. The summed E-state index contributed by atoms with van der Waals surface area (Å²) in [5.74, 6) is 0.700. The second-order valence-corrected chi connectivity index (χ2v) is 5.43. The number of nitrogens with one attached hydrogen (secondary N) is 2. The lowest BCUT2D eigenvalue weighted by molar-refractivity contribution is 0.388. The van der Waals surface area contributed by atoms with Crippen molar-refractivity contribution in [2.75, 3.05) is 26.7 Å². The Labute approximate surface area is 117 Å². The Hall–Kier alpha value is -1.79. The molecule has 1 fully saturated rings. The van der Waals surface area contributed by atoms with E-state index in [9.17, 15) is 4.79 Å². The largest absolute Gasteiger partial charge is 0.313 e. The third-order valence-electron chi connectivity index (χ3n) is 3.85. The maximum absolute atomic E-state index is 11.7. The molecule has 0 amide bonds. The average Bonchev–Trinajstić information content (AvgIpc) is 2.86. The monoisotopic (exact) mass is 273 g/mol. The molecular formula is C14H19N5O. The second-order valence-electron chi connectivity index (χ2n) is 5.43. The van der Waals surface area contributed by atoms with Crippen LogP contribution in [0.2, 0.25) is 0 Å². The number of rotatable bonds is 4. The molecule has 3 rings (SSSR count). The minimum Gasteiger partial charge on any atom is -0.313 e. The van der Waals surface area contributed by atoms with E-state index < -0.39 is 0 Å². The second kappa shape index (κ2) is 5.68. The molecule has 0 aliphatic carbocycles. The molecule has 0 aromatic carbocycles. The summed E-state index contributed by atoms with van der Waals surface area (Å²) in [5.41, 5.74) is 1.41. The maximum Gasteiger partial charge on any atom is 0.258 e. The Morgan fingerprint density at radius 2 is 2.40 bits per heavy atom. The third-order valence-corrected chi connectivity index (χ3v) is 3.85. The zero-order chi connectivity index (χ0) is 13.9. The number of hydrogen-bond donors (Lipinski definition) is 2. The Bertz CT molecular complexity index is 653. The van der Waals surface area contributed by atoms with Gasteiger partial charge in [-0.2, -0.15) is 0 Å². The molecule has 0 spiro atoms. The van der Waals surface area contributed by atoms with Crippen LogP contribution in [0.5, 0.6) is 0 Å². The first kappa shape index (κ1) is 13.2. The van der Waals surface area contributed by atoms with Gasteiger partial charge in [0.25, 0.3) is 5.56 Å². The Morgan fingerprint density at radius 1 is 1.50 bits per heavy atom. The highest BCUT2D eigenvalue weighted by atomic mass is 16.1. The molecule has 6 nitrogen and oxygen atoms in total. The molecular weight excluding hydrogens is 254 g/mol. The van der Waals surface area contributed by atoms with Crippen LogP contribution in [0.1, 0.15) is 12.1 Å². The molecule has 3 heterocycles. The van der Waals surface area contributed by atoms with Crippen molar-refractivity contribution in [2.45, 2.75) is 13.0 Å². The molecule has 0 radical (unpaired) electrons. The van der Waals surface area contributed by atoms with E-state index in [1.807, 2.05) is 0 Å². The number of pyridine rings is 1. The van der Waals surface area contributed by atoms with Crippen molar-refractivity contribution in [1.29, 1.82) is 0 Å². The van der Waals surface area contributed by atoms with E-state index in [-0.39, 0.29) is 5.56 Å². The van der Waals surface area contributed by atoms with Crippen molar-refractivity contribution in [1.82, 2.24) is 25.2 Å². The highest BCUT2D eigenvalue weighted by molar-refractivity contribution is 5.78. The van der Waals surface area contributed by atoms with E-state index in [0.717, 1.165) is 18.8 Å². The third kappa shape index (κ3) is 2.71. The molecule has 1 aliphatic heterocycles. The van der Waals surface area contributed by atoms with Gasteiger partial charge in [-0.15, -0.1) is 0 Å². The van der Waals surface area contributed by atoms with E-state index in [1.165, 1.54) is 19.3 Å². The summed E-state index contributed by atoms with van der Waals surface area (Å²) in [7, 11) is 2.16. The summed E-state index contributed by atoms with van der Waals surface area (Å²) < 4.78 is 0. The molecule has 1 atom stereocenters. The van der Waals surface area contributed by atoms with Gasteiger partial charge in [0.15, 0.2) is 0 Å². The number of fused-ring (bicyclic) bond motifs is 1. The van der Waals surface area contributed by atoms with Crippen LogP contribution in [-0.2, 0) is 6.54 Å². The van der Waals surface area contributed by atoms with Gasteiger partial charge < -0.3 is 15.2 Å². The molecule has 0 bridgehead atoms. The molecule has 6 heteroatoms. The number of hydrogen-bond acceptors (Lipinski definition) is 5. The Morgan fingerprint density at radius 3 is 3.20 bits per heavy atom. The summed E-state index contributed by atoms with van der Waals surface area (Å²) in [5, 5.41) is 4.03. The molecule has 1 saturated heterocycles. The Balaban J connectivity index is 1.69. The van der Waals surface area contributed by atoms with Crippen LogP contribution in [0.25, 0.3) is 10.9 Å². The van der Waals surface area contributed by atoms with Crippen molar-refractivity contribution >= 4 is 10.9 Å². The predicted molar refractivity (Wildman–Crippen MR) is 77.5 cm³/mol. The van der Waals surface area contributed by atoms with E-state index >= 15 is 0 Å². The molecule has 2 N–H and O–H groups in total. The topological polar surface area (TPSA) is 73.9 Å². The van der Waals surface area contributed by atoms with Crippen LogP contribution in [0, 0.1) is 5.92 Å². The quantitative estimate of drug-likeness (QED) is 0.841. The standard InChI is InChI=1S/C14H19N5O/c1-19-5-3-10(8-19)6-15-7-12-13-11(2-4-16-12)14(20)18-9-17-13/h2,4,9-10,15H,3,5-8H2,1H3,(H,17,18,20). The molecule has 2 aromatic rings. The summed E-state index contributed by atoms with van der Waals surface area (Å²) >= 11 is 0. The van der Waals surface area contributed by atoms with Crippen molar-refractivity contribution in [3.05, 3.63) is 34.6 Å². The number of nitrogens with zero attached hydrogens (tertiary/aromatic N) is 3. The fourth-order valence-corrected chi connectivity index (χ4v) is 2.77. The van der Waals surface area contributed by atoms with E-state index in [2.05, 4.69) is 32.2 Å². The molecule has 20 heavy (non-hydrogen) atoms. The lowest BCUT2D eigenvalue weighted by atomic mass is 10.1. The van der Waals surface area contributed by atoms with Crippen LogP contribution in [0.3, 0.4) is 0 Å². The summed E-state index contributed by atoms with van der Waals surface area (Å²) in [6.07, 6.45) is 4.34. The van der Waals surface area contributed by atoms with Crippen LogP contribution >= 0.6 is 0 Å². The zero-order valence-electron chi connectivity index (χ0n) is 11.6. The number of H-pyrrole nitrogens is 1. The molecule has 2 aromatic heterocycles. The maximum atomic E-state index is 11.7. The summed E-state index contributed by atoms with van der Waals surface area (Å²) in [6, 6.07) is 1.70. The van der Waals surface area contributed by atoms with Gasteiger partial charge in [0.1, 0.15) is 5.52 Å². The predicted octanol–water partition coefficient (Wildman–Crippen LogP) is 0.359. The van der Waals surface area contributed by atoms with E-state index in [1.54, 1.807) is 12.3 Å². The number of aromatic nitrogens is 3. The minimum atomic E-state index is -0.115. The van der Waals surface area contributed by atoms with Crippen LogP contribution < -0.4 is 10.9 Å². The smallest absolute Gasteiger partial charge is 0.258 e. The first-order valence-corrected chi connectivity index (χ1v) is 6.94. The van der Waals surface area contributed by atoms with Gasteiger partial charge >= 0.3 is 0 Å². The van der Waals surface area contributed by atoms with Crippen molar-refractivity contribution in [3.63, 3.8) is 0 Å². The molecule has 0 saturated carbocycles. The molecule has 1 unspecified atom stereocenters. The van der Waals surface area contributed by atoms with Gasteiger partial charge in [-0.05, 0) is 38.5 Å². The van der Waals surface area contributed by atoms with E-state index in [4.69, 9.17) is 0 Å². The first-order valence-electron chi connectivity index (χ1n) is 6.94. The van der Waals surface area contributed by atoms with Gasteiger partial charge in [0.2, 0.25) is 0 Å². The average molecular weight is 273 g/mol. The Kier molecular flexibility index (Phi) is 3.75. The van der Waals surface area contributed by atoms with Gasteiger partial charge in [0, 0.05) is 19.3 Å². The molecule has 106 valence electrons. The number of likely N-dealkylation sites (tertiary alicyclic amines) is 1. The lowest BCUT2D eigenvalue weighted by Crippen LogP contribution is -2.25. The highest BCUT2D eigenvalue weighted by Gasteiger charge is 2.18. The highest BCUT2D eigenvalue weighted by Crippen LogP contribution is 2.14. The fraction of sp³-hybridized carbons (Fsp3) is 0.500. The van der Waals surface area contributed by atoms with Crippen LogP contribution in [-0.4, -0.2) is 46.5 Å². The number of aromatic amines is 1. The van der Waals surface area contributed by atoms with Gasteiger partial charge in [-0.1, -0.05) is 0 Å². The SMILES string of the molecule is CN1CCC(CNCc2nccc3c(=O)[nH]cnc23)C1. The fourth-order valence-electron chi connectivity index (χ4n) is 2.77. The van der Waals surface area contributed by atoms with E-state index in [0.29, 0.717) is 23.4 Å².